The molecular weight excluding hydrogens is 398 g/mol. The van der Waals surface area contributed by atoms with Crippen molar-refractivity contribution < 1.29 is 9.53 Å². The lowest BCUT2D eigenvalue weighted by atomic mass is 10.2. The molecule has 3 rings (SSSR count). The second-order valence-corrected chi connectivity index (χ2v) is 6.81. The molecule has 0 bridgehead atoms. The number of nitrogens with zero attached hydrogens (tertiary/aromatic N) is 4. The van der Waals surface area contributed by atoms with Gasteiger partial charge in [-0.25, -0.2) is 14.8 Å². The fourth-order valence-corrected chi connectivity index (χ4v) is 3.78. The maximum Gasteiger partial charge on any atom is 0.410 e. The molecule has 7 nitrogen and oxygen atoms in total. The summed E-state index contributed by atoms with van der Waals surface area (Å²) in [6.07, 6.45) is 10.6. The fourth-order valence-electron chi connectivity index (χ4n) is 3.20. The summed E-state index contributed by atoms with van der Waals surface area (Å²) in [5.41, 5.74) is 7.65. The maximum absolute atomic E-state index is 12.6. The lowest BCUT2D eigenvalue weighted by molar-refractivity contribution is 0.105. The summed E-state index contributed by atoms with van der Waals surface area (Å²) in [6, 6.07) is -0.154. The van der Waals surface area contributed by atoms with E-state index in [2.05, 4.69) is 25.9 Å². The molecule has 26 heavy (non-hydrogen) atoms. The minimum atomic E-state index is -0.328. The van der Waals surface area contributed by atoms with Crippen LogP contribution in [0, 0.1) is 0 Å². The van der Waals surface area contributed by atoms with Gasteiger partial charge in [0.05, 0.1) is 6.04 Å². The Morgan fingerprint density at radius 3 is 3.04 bits per heavy atom. The van der Waals surface area contributed by atoms with Gasteiger partial charge in [0.25, 0.3) is 0 Å². The Labute approximate surface area is 160 Å². The molecule has 1 aliphatic rings. The fraction of sp³-hybridized carbons (Fsp3) is 0.389. The third-order valence-corrected chi connectivity index (χ3v) is 5.02. The molecule has 138 valence electrons. The number of imidazole rings is 1. The number of nitrogen functional groups attached to an aromatic ring is 1. The van der Waals surface area contributed by atoms with E-state index in [1.165, 1.54) is 0 Å². The molecule has 0 saturated carbocycles. The van der Waals surface area contributed by atoms with E-state index in [4.69, 9.17) is 10.5 Å². The highest BCUT2D eigenvalue weighted by molar-refractivity contribution is 9.10. The zero-order valence-electron chi connectivity index (χ0n) is 14.9. The first-order chi connectivity index (χ1) is 12.6. The number of amides is 1. The van der Waals surface area contributed by atoms with E-state index in [1.54, 1.807) is 11.1 Å². The van der Waals surface area contributed by atoms with E-state index in [0.29, 0.717) is 22.5 Å². The van der Waals surface area contributed by atoms with Gasteiger partial charge in [0.15, 0.2) is 5.82 Å². The standard InChI is InChI=1S/C18H22BrN5O2/c1-3-6-12(4-2)11-26-18(25)23-9-5-7-13(23)17-22-15(19)14-16(20)21-8-10-24(14)17/h3-4,6,8,10,13H,5,7,9,11H2,1-2H3,(H2,20,21)/b6-3-,12-4+. The Kier molecular flexibility index (Phi) is 5.61. The monoisotopic (exact) mass is 419 g/mol. The normalized spacial score (nSPS) is 18.2. The van der Waals surface area contributed by atoms with Crippen LogP contribution in [0.3, 0.4) is 0 Å². The summed E-state index contributed by atoms with van der Waals surface area (Å²) < 4.78 is 8.02. The van der Waals surface area contributed by atoms with Crippen molar-refractivity contribution in [3.8, 4) is 0 Å². The number of halogens is 1. The highest BCUT2D eigenvalue weighted by Gasteiger charge is 2.34. The summed E-state index contributed by atoms with van der Waals surface area (Å²) in [6.45, 7) is 4.76. The van der Waals surface area contributed by atoms with E-state index in [1.807, 2.05) is 42.7 Å². The Morgan fingerprint density at radius 1 is 1.50 bits per heavy atom. The molecule has 1 saturated heterocycles. The smallest absolute Gasteiger partial charge is 0.410 e. The Balaban J connectivity index is 1.83. The molecule has 8 heteroatoms. The number of allylic oxidation sites excluding steroid dienone is 2. The first-order valence-corrected chi connectivity index (χ1v) is 9.35. The largest absolute Gasteiger partial charge is 0.445 e. The van der Waals surface area contributed by atoms with E-state index in [-0.39, 0.29) is 18.7 Å². The van der Waals surface area contributed by atoms with Gasteiger partial charge >= 0.3 is 6.09 Å². The molecule has 2 aromatic heterocycles. The lowest BCUT2D eigenvalue weighted by Gasteiger charge is -2.23. The number of rotatable bonds is 4. The van der Waals surface area contributed by atoms with Gasteiger partial charge in [-0.2, -0.15) is 0 Å². The van der Waals surface area contributed by atoms with Crippen LogP contribution in [0.4, 0.5) is 10.6 Å². The molecule has 3 heterocycles. The van der Waals surface area contributed by atoms with Crippen molar-refractivity contribution in [2.45, 2.75) is 32.7 Å². The minimum absolute atomic E-state index is 0.154. The maximum atomic E-state index is 12.6. The van der Waals surface area contributed by atoms with Crippen molar-refractivity contribution in [1.29, 1.82) is 0 Å². The van der Waals surface area contributed by atoms with Crippen LogP contribution in [0.5, 0.6) is 0 Å². The van der Waals surface area contributed by atoms with Crippen LogP contribution in [-0.2, 0) is 4.74 Å². The van der Waals surface area contributed by atoms with Gasteiger partial charge in [0.2, 0.25) is 0 Å². The Hall–Kier alpha value is -2.35. The van der Waals surface area contributed by atoms with Gasteiger partial charge in [-0.1, -0.05) is 18.2 Å². The average Bonchev–Trinajstić information content (AvgIpc) is 3.23. The molecule has 1 unspecified atom stereocenters. The summed E-state index contributed by atoms with van der Waals surface area (Å²) in [5, 5.41) is 0. The van der Waals surface area contributed by atoms with Crippen LogP contribution in [0.1, 0.15) is 38.6 Å². The van der Waals surface area contributed by atoms with Gasteiger partial charge in [-0.05, 0) is 48.2 Å². The van der Waals surface area contributed by atoms with Crippen molar-refractivity contribution in [3.63, 3.8) is 0 Å². The predicted octanol–water partition coefficient (Wildman–Crippen LogP) is 3.87. The first kappa shape index (κ1) is 18.4. The quantitative estimate of drug-likeness (QED) is 0.759. The second kappa shape index (κ2) is 7.90. The van der Waals surface area contributed by atoms with Crippen LogP contribution in [0.25, 0.3) is 5.52 Å². The van der Waals surface area contributed by atoms with E-state index < -0.39 is 0 Å². The van der Waals surface area contributed by atoms with Crippen LogP contribution in [0.15, 0.2) is 40.8 Å². The Bertz CT molecular complexity index is 874. The molecule has 1 amide bonds. The minimum Gasteiger partial charge on any atom is -0.445 e. The number of fused-ring (bicyclic) bond motifs is 1. The van der Waals surface area contributed by atoms with Gasteiger partial charge in [0.1, 0.15) is 22.6 Å². The van der Waals surface area contributed by atoms with Gasteiger partial charge in [0, 0.05) is 18.9 Å². The van der Waals surface area contributed by atoms with Crippen LogP contribution in [-0.4, -0.2) is 38.5 Å². The predicted molar refractivity (Wildman–Crippen MR) is 104 cm³/mol. The third-order valence-electron chi connectivity index (χ3n) is 4.47. The summed E-state index contributed by atoms with van der Waals surface area (Å²) in [5.74, 6) is 1.16. The topological polar surface area (TPSA) is 85.8 Å². The van der Waals surface area contributed by atoms with Gasteiger partial charge in [-0.15, -0.1) is 0 Å². The van der Waals surface area contributed by atoms with Crippen molar-refractivity contribution in [3.05, 3.63) is 46.6 Å². The number of likely N-dealkylation sites (tertiary alicyclic amines) is 1. The van der Waals surface area contributed by atoms with Crippen LogP contribution < -0.4 is 5.73 Å². The highest BCUT2D eigenvalue weighted by atomic mass is 79.9. The number of aromatic nitrogens is 3. The van der Waals surface area contributed by atoms with Crippen molar-refractivity contribution >= 4 is 33.4 Å². The van der Waals surface area contributed by atoms with E-state index >= 15 is 0 Å². The summed E-state index contributed by atoms with van der Waals surface area (Å²) in [4.78, 5) is 23.1. The Morgan fingerprint density at radius 2 is 2.31 bits per heavy atom. The third kappa shape index (κ3) is 3.46. The zero-order valence-corrected chi connectivity index (χ0v) is 16.4. The molecule has 0 radical (unpaired) electrons. The summed E-state index contributed by atoms with van der Waals surface area (Å²) in [7, 11) is 0. The SMILES string of the molecule is C/C=C\C(=C/C)COC(=O)N1CCCC1c1nc(Br)c2c(N)nccn12. The second-order valence-electron chi connectivity index (χ2n) is 6.06. The first-order valence-electron chi connectivity index (χ1n) is 8.56. The zero-order chi connectivity index (χ0) is 18.7. The van der Waals surface area contributed by atoms with Gasteiger partial charge < -0.3 is 10.5 Å². The molecular formula is C18H22BrN5O2. The van der Waals surface area contributed by atoms with E-state index in [9.17, 15) is 4.79 Å². The number of anilines is 1. The van der Waals surface area contributed by atoms with Crippen molar-refractivity contribution in [2.24, 2.45) is 0 Å². The molecule has 0 spiro atoms. The average molecular weight is 420 g/mol. The van der Waals surface area contributed by atoms with Gasteiger partial charge in [-0.3, -0.25) is 9.30 Å². The molecule has 2 aromatic rings. The molecule has 2 N–H and O–H groups in total. The number of hydrogen-bond acceptors (Lipinski definition) is 5. The number of carbonyl (C=O) groups excluding carboxylic acids is 1. The molecule has 0 aromatic carbocycles. The van der Waals surface area contributed by atoms with E-state index in [0.717, 1.165) is 24.2 Å². The molecule has 1 fully saturated rings. The van der Waals surface area contributed by atoms with Crippen molar-refractivity contribution in [2.75, 3.05) is 18.9 Å². The van der Waals surface area contributed by atoms with Crippen LogP contribution in [0.2, 0.25) is 0 Å². The molecule has 1 atom stereocenters. The molecule has 1 aliphatic heterocycles. The number of nitrogens with two attached hydrogens (primary N) is 1. The number of hydrogen-bond donors (Lipinski definition) is 1. The van der Waals surface area contributed by atoms with Crippen LogP contribution >= 0.6 is 15.9 Å². The van der Waals surface area contributed by atoms with Crippen molar-refractivity contribution in [1.82, 2.24) is 19.3 Å². The number of ether oxygens (including phenoxy) is 1. The molecule has 0 aliphatic carbocycles. The lowest BCUT2D eigenvalue weighted by Crippen LogP contribution is -2.32. The number of carbonyl (C=O) groups is 1. The highest BCUT2D eigenvalue weighted by Crippen LogP contribution is 2.35. The summed E-state index contributed by atoms with van der Waals surface area (Å²) >= 11 is 3.45.